The minimum atomic E-state index is -0.336. The lowest BCUT2D eigenvalue weighted by Gasteiger charge is -2.36. The molecule has 0 aromatic carbocycles. The maximum atomic E-state index is 6.01. The van der Waals surface area contributed by atoms with E-state index < -0.39 is 0 Å². The normalized spacial score (nSPS) is 27.4. The highest BCUT2D eigenvalue weighted by molar-refractivity contribution is 5.20. The van der Waals surface area contributed by atoms with Gasteiger partial charge >= 0.3 is 6.01 Å². The molecule has 5 nitrogen and oxygen atoms in total. The molecule has 0 atom stereocenters. The Hall–Kier alpha value is -1.10. The van der Waals surface area contributed by atoms with Gasteiger partial charge in [-0.25, -0.2) is 0 Å². The SMILES string of the molecule is CCCNc1nc(C2(OCC)CCC(C)CC2)no1. The van der Waals surface area contributed by atoms with E-state index in [0.717, 1.165) is 44.6 Å². The van der Waals surface area contributed by atoms with Gasteiger partial charge in [-0.2, -0.15) is 4.98 Å². The van der Waals surface area contributed by atoms with Crippen LogP contribution in [0, 0.1) is 5.92 Å². The summed E-state index contributed by atoms with van der Waals surface area (Å²) >= 11 is 0. The number of rotatable bonds is 6. The Morgan fingerprint density at radius 1 is 1.37 bits per heavy atom. The molecule has 0 bridgehead atoms. The second-order valence-electron chi connectivity index (χ2n) is 5.46. The zero-order valence-corrected chi connectivity index (χ0v) is 12.2. The summed E-state index contributed by atoms with van der Waals surface area (Å²) in [5, 5.41) is 7.26. The van der Waals surface area contributed by atoms with E-state index in [2.05, 4.69) is 29.3 Å². The minimum Gasteiger partial charge on any atom is -0.367 e. The Morgan fingerprint density at radius 3 is 2.74 bits per heavy atom. The van der Waals surface area contributed by atoms with Crippen LogP contribution in [0.25, 0.3) is 0 Å². The van der Waals surface area contributed by atoms with E-state index in [1.54, 1.807) is 0 Å². The first kappa shape index (κ1) is 14.3. The zero-order valence-electron chi connectivity index (χ0n) is 12.2. The van der Waals surface area contributed by atoms with Gasteiger partial charge in [-0.15, -0.1) is 0 Å². The van der Waals surface area contributed by atoms with Gasteiger partial charge in [0.1, 0.15) is 5.60 Å². The molecule has 0 unspecified atom stereocenters. The monoisotopic (exact) mass is 267 g/mol. The quantitative estimate of drug-likeness (QED) is 0.856. The van der Waals surface area contributed by atoms with Gasteiger partial charge < -0.3 is 14.6 Å². The molecule has 0 spiro atoms. The van der Waals surface area contributed by atoms with Crippen LogP contribution in [0.2, 0.25) is 0 Å². The van der Waals surface area contributed by atoms with Crippen molar-refractivity contribution in [3.8, 4) is 0 Å². The maximum absolute atomic E-state index is 6.01. The summed E-state index contributed by atoms with van der Waals surface area (Å²) in [4.78, 5) is 4.47. The Labute approximate surface area is 115 Å². The molecular formula is C14H25N3O2. The Balaban J connectivity index is 2.12. The number of hydrogen-bond acceptors (Lipinski definition) is 5. The lowest BCUT2D eigenvalue weighted by Crippen LogP contribution is -2.35. The van der Waals surface area contributed by atoms with Gasteiger partial charge in [0.15, 0.2) is 0 Å². The Bertz CT molecular complexity index is 384. The molecule has 1 saturated carbocycles. The lowest BCUT2D eigenvalue weighted by molar-refractivity contribution is -0.0847. The number of nitrogens with one attached hydrogen (secondary N) is 1. The topological polar surface area (TPSA) is 60.2 Å². The third-order valence-corrected chi connectivity index (χ3v) is 3.86. The number of nitrogens with zero attached hydrogens (tertiary/aromatic N) is 2. The van der Waals surface area contributed by atoms with Crippen molar-refractivity contribution in [2.45, 2.75) is 58.5 Å². The first-order valence-electron chi connectivity index (χ1n) is 7.42. The van der Waals surface area contributed by atoms with E-state index in [-0.39, 0.29) is 5.60 Å². The van der Waals surface area contributed by atoms with E-state index in [4.69, 9.17) is 9.26 Å². The molecule has 0 aliphatic heterocycles. The molecule has 108 valence electrons. The van der Waals surface area contributed by atoms with E-state index in [1.807, 2.05) is 6.92 Å². The summed E-state index contributed by atoms with van der Waals surface area (Å²) in [6, 6.07) is 0.509. The molecule has 0 amide bonds. The van der Waals surface area contributed by atoms with Crippen LogP contribution in [-0.4, -0.2) is 23.3 Å². The zero-order chi connectivity index (χ0) is 13.7. The van der Waals surface area contributed by atoms with Crippen molar-refractivity contribution in [2.75, 3.05) is 18.5 Å². The van der Waals surface area contributed by atoms with Gasteiger partial charge in [0.25, 0.3) is 0 Å². The molecule has 2 rings (SSSR count). The molecule has 1 heterocycles. The number of aromatic nitrogens is 2. The second-order valence-corrected chi connectivity index (χ2v) is 5.46. The predicted octanol–water partition coefficient (Wildman–Crippen LogP) is 3.33. The fraction of sp³-hybridized carbons (Fsp3) is 0.857. The molecule has 1 aliphatic carbocycles. The van der Waals surface area contributed by atoms with Crippen LogP contribution in [0.5, 0.6) is 0 Å². The predicted molar refractivity (Wildman–Crippen MR) is 74.0 cm³/mol. The van der Waals surface area contributed by atoms with Gasteiger partial charge in [0, 0.05) is 13.2 Å². The van der Waals surface area contributed by atoms with E-state index in [1.165, 1.54) is 0 Å². The largest absolute Gasteiger partial charge is 0.367 e. The van der Waals surface area contributed by atoms with Crippen LogP contribution >= 0.6 is 0 Å². The summed E-state index contributed by atoms with van der Waals surface area (Å²) in [5.41, 5.74) is -0.336. The molecule has 1 aromatic heterocycles. The van der Waals surface area contributed by atoms with Gasteiger partial charge in [-0.05, 0) is 44.9 Å². The Kier molecular flexibility index (Phi) is 4.80. The molecule has 1 fully saturated rings. The van der Waals surface area contributed by atoms with Gasteiger partial charge in [0.2, 0.25) is 5.82 Å². The third-order valence-electron chi connectivity index (χ3n) is 3.86. The number of hydrogen-bond donors (Lipinski definition) is 1. The lowest BCUT2D eigenvalue weighted by atomic mass is 9.79. The van der Waals surface area contributed by atoms with Crippen molar-refractivity contribution in [1.82, 2.24) is 10.1 Å². The maximum Gasteiger partial charge on any atom is 0.321 e. The average molecular weight is 267 g/mol. The van der Waals surface area contributed by atoms with Gasteiger partial charge in [-0.3, -0.25) is 0 Å². The molecule has 0 saturated heterocycles. The van der Waals surface area contributed by atoms with Crippen molar-refractivity contribution >= 4 is 6.01 Å². The summed E-state index contributed by atoms with van der Waals surface area (Å²) in [6.45, 7) is 7.95. The van der Waals surface area contributed by atoms with Crippen LogP contribution in [0.15, 0.2) is 4.52 Å². The first-order valence-corrected chi connectivity index (χ1v) is 7.42. The van der Waals surface area contributed by atoms with E-state index in [0.29, 0.717) is 18.4 Å². The van der Waals surface area contributed by atoms with Crippen LogP contribution in [0.1, 0.15) is 58.7 Å². The number of ether oxygens (including phenoxy) is 1. The minimum absolute atomic E-state index is 0.336. The van der Waals surface area contributed by atoms with Crippen LogP contribution in [0.4, 0.5) is 6.01 Å². The molecule has 5 heteroatoms. The molecule has 1 aliphatic rings. The third kappa shape index (κ3) is 3.26. The highest BCUT2D eigenvalue weighted by Gasteiger charge is 2.40. The van der Waals surface area contributed by atoms with Crippen LogP contribution in [0.3, 0.4) is 0 Å². The first-order chi connectivity index (χ1) is 9.20. The van der Waals surface area contributed by atoms with Crippen molar-refractivity contribution in [3.63, 3.8) is 0 Å². The van der Waals surface area contributed by atoms with Crippen molar-refractivity contribution in [3.05, 3.63) is 5.82 Å². The summed E-state index contributed by atoms with van der Waals surface area (Å²) in [5.74, 6) is 1.47. The van der Waals surface area contributed by atoms with Crippen LogP contribution < -0.4 is 5.32 Å². The number of anilines is 1. The molecule has 19 heavy (non-hydrogen) atoms. The highest BCUT2D eigenvalue weighted by Crippen LogP contribution is 2.41. The average Bonchev–Trinajstić information content (AvgIpc) is 2.89. The standard InChI is InChI=1S/C14H25N3O2/c1-4-10-15-13-16-12(17-19-13)14(18-5-2)8-6-11(3)7-9-14/h11H,4-10H2,1-3H3,(H,15,16,17). The highest BCUT2D eigenvalue weighted by atomic mass is 16.5. The van der Waals surface area contributed by atoms with Gasteiger partial charge in [-0.1, -0.05) is 19.0 Å². The molecule has 1 N–H and O–H groups in total. The Morgan fingerprint density at radius 2 is 2.11 bits per heavy atom. The fourth-order valence-corrected chi connectivity index (χ4v) is 2.65. The van der Waals surface area contributed by atoms with E-state index in [9.17, 15) is 0 Å². The summed E-state index contributed by atoms with van der Waals surface area (Å²) in [7, 11) is 0. The van der Waals surface area contributed by atoms with Crippen molar-refractivity contribution < 1.29 is 9.26 Å². The molecule has 0 radical (unpaired) electrons. The van der Waals surface area contributed by atoms with E-state index >= 15 is 0 Å². The molecule has 1 aromatic rings. The van der Waals surface area contributed by atoms with Crippen LogP contribution in [-0.2, 0) is 10.3 Å². The van der Waals surface area contributed by atoms with Crippen molar-refractivity contribution in [1.29, 1.82) is 0 Å². The van der Waals surface area contributed by atoms with Crippen molar-refractivity contribution in [2.24, 2.45) is 5.92 Å². The fourth-order valence-electron chi connectivity index (χ4n) is 2.65. The summed E-state index contributed by atoms with van der Waals surface area (Å²) < 4.78 is 11.3. The molecular weight excluding hydrogens is 242 g/mol. The second kappa shape index (κ2) is 6.37. The summed E-state index contributed by atoms with van der Waals surface area (Å²) in [6.07, 6.45) is 5.31. The van der Waals surface area contributed by atoms with Gasteiger partial charge in [0.05, 0.1) is 0 Å². The smallest absolute Gasteiger partial charge is 0.321 e.